The van der Waals surface area contributed by atoms with E-state index in [1.54, 1.807) is 24.1 Å². The van der Waals surface area contributed by atoms with Gasteiger partial charge in [0.2, 0.25) is 11.8 Å². The Morgan fingerprint density at radius 1 is 1.27 bits per heavy atom. The molecule has 5 nitrogen and oxygen atoms in total. The molecule has 136 valence electrons. The molecule has 6 heteroatoms. The number of carbonyl (C=O) groups excluding carboxylic acids is 2. The molecule has 1 heterocycles. The van der Waals surface area contributed by atoms with Gasteiger partial charge in [0.05, 0.1) is 12.0 Å². The first-order chi connectivity index (χ1) is 12.5. The molecule has 1 aliphatic heterocycles. The van der Waals surface area contributed by atoms with E-state index in [-0.39, 0.29) is 30.3 Å². The molecule has 0 saturated carbocycles. The van der Waals surface area contributed by atoms with Crippen LogP contribution in [0.1, 0.15) is 29.6 Å². The third-order valence-electron chi connectivity index (χ3n) is 4.84. The van der Waals surface area contributed by atoms with Crippen molar-refractivity contribution in [2.45, 2.75) is 18.5 Å². The molecule has 3 rings (SSSR count). The maximum Gasteiger partial charge on any atom is 0.226 e. The van der Waals surface area contributed by atoms with Crippen molar-refractivity contribution in [1.29, 1.82) is 0 Å². The summed E-state index contributed by atoms with van der Waals surface area (Å²) in [5.74, 6) is -0.685. The van der Waals surface area contributed by atoms with E-state index in [1.807, 2.05) is 42.5 Å². The monoisotopic (exact) mass is 371 g/mol. The maximum absolute atomic E-state index is 12.8. The summed E-state index contributed by atoms with van der Waals surface area (Å²) in [7, 11) is 1.72. The number of halogens is 1. The molecular formula is C20H22ClN3O2. The Morgan fingerprint density at radius 2 is 2.00 bits per heavy atom. The van der Waals surface area contributed by atoms with Gasteiger partial charge in [0, 0.05) is 31.1 Å². The van der Waals surface area contributed by atoms with Crippen molar-refractivity contribution in [3.8, 4) is 0 Å². The van der Waals surface area contributed by atoms with Crippen LogP contribution in [0.25, 0.3) is 0 Å². The highest BCUT2D eigenvalue weighted by Gasteiger charge is 2.42. The lowest BCUT2D eigenvalue weighted by atomic mass is 9.92. The molecule has 3 unspecified atom stereocenters. The average Bonchev–Trinajstić information content (AvgIpc) is 2.95. The van der Waals surface area contributed by atoms with Crippen molar-refractivity contribution in [2.24, 2.45) is 11.7 Å². The van der Waals surface area contributed by atoms with E-state index in [9.17, 15) is 9.59 Å². The molecule has 1 fully saturated rings. The highest BCUT2D eigenvalue weighted by molar-refractivity contribution is 6.30. The van der Waals surface area contributed by atoms with Crippen LogP contribution in [-0.2, 0) is 9.59 Å². The largest absolute Gasteiger partial charge is 0.354 e. The van der Waals surface area contributed by atoms with Crippen LogP contribution in [-0.4, -0.2) is 30.3 Å². The van der Waals surface area contributed by atoms with Crippen LogP contribution in [0.3, 0.4) is 0 Å². The van der Waals surface area contributed by atoms with Gasteiger partial charge in [-0.3, -0.25) is 9.59 Å². The van der Waals surface area contributed by atoms with Crippen molar-refractivity contribution in [3.63, 3.8) is 0 Å². The first kappa shape index (κ1) is 18.4. The maximum atomic E-state index is 12.8. The SMILES string of the molecule is CN1C(=O)CC(C(=O)NCC(N)c2ccccc2)C1c1cccc(Cl)c1. The minimum Gasteiger partial charge on any atom is -0.354 e. The van der Waals surface area contributed by atoms with Gasteiger partial charge < -0.3 is 16.0 Å². The van der Waals surface area contributed by atoms with E-state index in [0.29, 0.717) is 11.6 Å². The average molecular weight is 372 g/mol. The topological polar surface area (TPSA) is 75.4 Å². The molecule has 26 heavy (non-hydrogen) atoms. The second kappa shape index (κ2) is 7.89. The third kappa shape index (κ3) is 3.89. The molecule has 0 aromatic heterocycles. The highest BCUT2D eigenvalue weighted by Crippen LogP contribution is 2.37. The van der Waals surface area contributed by atoms with Crippen molar-refractivity contribution >= 4 is 23.4 Å². The summed E-state index contributed by atoms with van der Waals surface area (Å²) in [4.78, 5) is 26.6. The van der Waals surface area contributed by atoms with Crippen LogP contribution >= 0.6 is 11.6 Å². The van der Waals surface area contributed by atoms with Crippen molar-refractivity contribution < 1.29 is 9.59 Å². The zero-order chi connectivity index (χ0) is 18.7. The molecule has 3 N–H and O–H groups in total. The molecule has 1 saturated heterocycles. The van der Waals surface area contributed by atoms with E-state index in [2.05, 4.69) is 5.32 Å². The van der Waals surface area contributed by atoms with E-state index in [0.717, 1.165) is 11.1 Å². The van der Waals surface area contributed by atoms with E-state index in [4.69, 9.17) is 17.3 Å². The Balaban J connectivity index is 1.71. The summed E-state index contributed by atoms with van der Waals surface area (Å²) >= 11 is 6.08. The summed E-state index contributed by atoms with van der Waals surface area (Å²) < 4.78 is 0. The lowest BCUT2D eigenvalue weighted by Crippen LogP contribution is -2.38. The molecule has 0 aliphatic carbocycles. The molecule has 0 bridgehead atoms. The van der Waals surface area contributed by atoms with Gasteiger partial charge >= 0.3 is 0 Å². The van der Waals surface area contributed by atoms with E-state index in [1.165, 1.54) is 0 Å². The summed E-state index contributed by atoms with van der Waals surface area (Å²) in [5, 5.41) is 3.49. The molecule has 2 amide bonds. The number of carbonyl (C=O) groups is 2. The van der Waals surface area contributed by atoms with Crippen LogP contribution in [0.2, 0.25) is 5.02 Å². The fourth-order valence-corrected chi connectivity index (χ4v) is 3.61. The fraction of sp³-hybridized carbons (Fsp3) is 0.300. The predicted molar refractivity (Wildman–Crippen MR) is 101 cm³/mol. The van der Waals surface area contributed by atoms with E-state index < -0.39 is 5.92 Å². The Labute approximate surface area is 158 Å². The number of rotatable bonds is 5. The Morgan fingerprint density at radius 3 is 2.69 bits per heavy atom. The van der Waals surface area contributed by atoms with Gasteiger partial charge in [0.15, 0.2) is 0 Å². The first-order valence-electron chi connectivity index (χ1n) is 8.56. The number of hydrogen-bond donors (Lipinski definition) is 2. The second-order valence-electron chi connectivity index (χ2n) is 6.58. The minimum atomic E-state index is -0.464. The van der Waals surface area contributed by atoms with Crippen molar-refractivity contribution in [1.82, 2.24) is 10.2 Å². The van der Waals surface area contributed by atoms with Crippen molar-refractivity contribution in [3.05, 3.63) is 70.7 Å². The number of likely N-dealkylation sites (tertiary alicyclic amines) is 1. The first-order valence-corrected chi connectivity index (χ1v) is 8.94. The third-order valence-corrected chi connectivity index (χ3v) is 5.07. The van der Waals surface area contributed by atoms with Gasteiger partial charge in [-0.25, -0.2) is 0 Å². The summed E-state index contributed by atoms with van der Waals surface area (Å²) in [6.07, 6.45) is 0.181. The number of nitrogens with zero attached hydrogens (tertiary/aromatic N) is 1. The molecule has 0 radical (unpaired) electrons. The summed E-state index contributed by atoms with van der Waals surface area (Å²) in [5.41, 5.74) is 7.97. The summed E-state index contributed by atoms with van der Waals surface area (Å²) in [6, 6.07) is 16.3. The van der Waals surface area contributed by atoms with E-state index >= 15 is 0 Å². The zero-order valence-corrected chi connectivity index (χ0v) is 15.3. The molecular weight excluding hydrogens is 350 g/mol. The number of nitrogens with two attached hydrogens (primary N) is 1. The highest BCUT2D eigenvalue weighted by atomic mass is 35.5. The molecule has 2 aromatic carbocycles. The zero-order valence-electron chi connectivity index (χ0n) is 14.6. The van der Waals surface area contributed by atoms with Crippen LogP contribution in [0.4, 0.5) is 0 Å². The Hall–Kier alpha value is -2.37. The smallest absolute Gasteiger partial charge is 0.226 e. The minimum absolute atomic E-state index is 0.0533. The van der Waals surface area contributed by atoms with Crippen LogP contribution in [0, 0.1) is 5.92 Å². The fourth-order valence-electron chi connectivity index (χ4n) is 3.41. The van der Waals surface area contributed by atoms with Gasteiger partial charge in [0.1, 0.15) is 0 Å². The van der Waals surface area contributed by atoms with Gasteiger partial charge in [-0.2, -0.15) is 0 Å². The predicted octanol–water partition coefficient (Wildman–Crippen LogP) is 2.68. The summed E-state index contributed by atoms with van der Waals surface area (Å²) in [6.45, 7) is 0.319. The lowest BCUT2D eigenvalue weighted by molar-refractivity contribution is -0.128. The van der Waals surface area contributed by atoms with Crippen molar-refractivity contribution in [2.75, 3.05) is 13.6 Å². The quantitative estimate of drug-likeness (QED) is 0.848. The molecule has 3 atom stereocenters. The van der Waals surface area contributed by atoms with Gasteiger partial charge in [-0.1, -0.05) is 54.1 Å². The normalized spacial score (nSPS) is 20.9. The van der Waals surface area contributed by atoms with Crippen LogP contribution < -0.4 is 11.1 Å². The van der Waals surface area contributed by atoms with Gasteiger partial charge in [0.25, 0.3) is 0 Å². The Bertz CT molecular complexity index is 797. The standard InChI is InChI=1S/C20H22ClN3O2/c1-24-18(25)11-16(19(24)14-8-5-9-15(21)10-14)20(26)23-12-17(22)13-6-3-2-4-7-13/h2-10,16-17,19H,11-12,22H2,1H3,(H,23,26). The number of benzene rings is 2. The van der Waals surface area contributed by atoms with Crippen LogP contribution in [0.15, 0.2) is 54.6 Å². The lowest BCUT2D eigenvalue weighted by Gasteiger charge is -2.25. The number of nitrogens with one attached hydrogen (secondary N) is 1. The Kier molecular flexibility index (Phi) is 5.59. The molecule has 1 aliphatic rings. The van der Waals surface area contributed by atoms with Gasteiger partial charge in [-0.05, 0) is 23.3 Å². The second-order valence-corrected chi connectivity index (χ2v) is 7.01. The number of amides is 2. The van der Waals surface area contributed by atoms with Gasteiger partial charge in [-0.15, -0.1) is 0 Å². The molecule has 0 spiro atoms. The number of hydrogen-bond acceptors (Lipinski definition) is 3. The van der Waals surface area contributed by atoms with Crippen LogP contribution in [0.5, 0.6) is 0 Å². The molecule has 2 aromatic rings.